The van der Waals surface area contributed by atoms with Crippen molar-refractivity contribution in [3.63, 3.8) is 0 Å². The zero-order valence-corrected chi connectivity index (χ0v) is 7.99. The van der Waals surface area contributed by atoms with E-state index < -0.39 is 0 Å². The molecule has 74 valence electrons. The number of ether oxygens (including phenoxy) is 2. The number of rotatable bonds is 0. The van der Waals surface area contributed by atoms with Crippen molar-refractivity contribution < 1.29 is 14.3 Å². The van der Waals surface area contributed by atoms with Crippen molar-refractivity contribution >= 4 is 5.97 Å². The van der Waals surface area contributed by atoms with Crippen molar-refractivity contribution in [1.82, 2.24) is 0 Å². The van der Waals surface area contributed by atoms with Crippen molar-refractivity contribution in [3.05, 3.63) is 0 Å². The molecule has 2 saturated heterocycles. The summed E-state index contributed by atoms with van der Waals surface area (Å²) in [6, 6.07) is 0. The summed E-state index contributed by atoms with van der Waals surface area (Å²) in [4.78, 5) is 11.0. The number of carbonyl (C=O) groups is 1. The highest BCUT2D eigenvalue weighted by atomic mass is 16.7. The molecule has 2 rings (SSSR count). The van der Waals surface area contributed by atoms with Gasteiger partial charge < -0.3 is 9.47 Å². The quantitative estimate of drug-likeness (QED) is 0.539. The maximum atomic E-state index is 11.0. The monoisotopic (exact) mass is 184 g/mol. The van der Waals surface area contributed by atoms with Gasteiger partial charge in [-0.15, -0.1) is 0 Å². The molecule has 3 nitrogen and oxygen atoms in total. The second kappa shape index (κ2) is 3.66. The highest BCUT2D eigenvalue weighted by Crippen LogP contribution is 2.31. The van der Waals surface area contributed by atoms with E-state index in [-0.39, 0.29) is 18.4 Å². The fourth-order valence-corrected chi connectivity index (χ4v) is 2.11. The lowest BCUT2D eigenvalue weighted by molar-refractivity contribution is -0.210. The van der Waals surface area contributed by atoms with Crippen LogP contribution in [0.15, 0.2) is 0 Å². The average molecular weight is 184 g/mol. The van der Waals surface area contributed by atoms with Crippen LogP contribution in [0.1, 0.15) is 39.0 Å². The zero-order valence-electron chi connectivity index (χ0n) is 7.99. The first-order valence-corrected chi connectivity index (χ1v) is 5.10. The molecule has 0 aromatic heterocycles. The molecule has 0 aromatic rings. The van der Waals surface area contributed by atoms with E-state index in [0.717, 1.165) is 19.3 Å². The molecule has 2 fully saturated rings. The molecular formula is C10H16O3. The first-order chi connectivity index (χ1) is 6.25. The van der Waals surface area contributed by atoms with Gasteiger partial charge in [-0.3, -0.25) is 4.79 Å². The smallest absolute Gasteiger partial charge is 0.308 e. The SMILES string of the molecule is C[C@H]1CCCC2CCC(=O)O[C@@H]2O1. The Labute approximate surface area is 78.4 Å². The molecule has 0 saturated carbocycles. The fourth-order valence-electron chi connectivity index (χ4n) is 2.11. The highest BCUT2D eigenvalue weighted by Gasteiger charge is 2.34. The molecule has 2 aliphatic heterocycles. The van der Waals surface area contributed by atoms with Crippen LogP contribution in [-0.2, 0) is 14.3 Å². The summed E-state index contributed by atoms with van der Waals surface area (Å²) in [5.41, 5.74) is 0. The average Bonchev–Trinajstić information content (AvgIpc) is 2.25. The molecule has 0 aliphatic carbocycles. The molecule has 2 aliphatic rings. The molecule has 0 aromatic carbocycles. The molecule has 1 unspecified atom stereocenters. The summed E-state index contributed by atoms with van der Waals surface area (Å²) in [6.07, 6.45) is 4.92. The summed E-state index contributed by atoms with van der Waals surface area (Å²) in [5.74, 6) is 0.345. The number of carbonyl (C=O) groups excluding carboxylic acids is 1. The Morgan fingerprint density at radius 3 is 3.00 bits per heavy atom. The van der Waals surface area contributed by atoms with E-state index in [9.17, 15) is 4.79 Å². The van der Waals surface area contributed by atoms with E-state index in [0.29, 0.717) is 12.3 Å². The van der Waals surface area contributed by atoms with E-state index in [4.69, 9.17) is 9.47 Å². The summed E-state index contributed by atoms with van der Waals surface area (Å²) in [6.45, 7) is 2.05. The largest absolute Gasteiger partial charge is 0.435 e. The normalized spacial score (nSPS) is 40.4. The molecule has 0 radical (unpaired) electrons. The molecule has 3 heteroatoms. The lowest BCUT2D eigenvalue weighted by atomic mass is 9.95. The third-order valence-electron chi connectivity index (χ3n) is 2.90. The summed E-state index contributed by atoms with van der Waals surface area (Å²) in [7, 11) is 0. The molecule has 2 heterocycles. The number of hydrogen-bond acceptors (Lipinski definition) is 3. The standard InChI is InChI=1S/C10H16O3/c1-7-3-2-4-8-5-6-9(11)13-10(8)12-7/h7-8,10H,2-6H2,1H3/t7-,8?,10-/m0/s1. The van der Waals surface area contributed by atoms with E-state index in [1.165, 1.54) is 6.42 Å². The van der Waals surface area contributed by atoms with Crippen LogP contribution in [0.2, 0.25) is 0 Å². The highest BCUT2D eigenvalue weighted by molar-refractivity contribution is 5.70. The molecule has 0 bridgehead atoms. The second-order valence-corrected chi connectivity index (χ2v) is 4.03. The van der Waals surface area contributed by atoms with Gasteiger partial charge in [-0.05, 0) is 26.2 Å². The van der Waals surface area contributed by atoms with Crippen LogP contribution in [-0.4, -0.2) is 18.4 Å². The lowest BCUT2D eigenvalue weighted by Gasteiger charge is -2.29. The van der Waals surface area contributed by atoms with Crippen LogP contribution in [0.5, 0.6) is 0 Å². The Kier molecular flexibility index (Phi) is 2.54. The molecule has 0 amide bonds. The molecule has 0 N–H and O–H groups in total. The molecule has 13 heavy (non-hydrogen) atoms. The summed E-state index contributed by atoms with van der Waals surface area (Å²) >= 11 is 0. The Morgan fingerprint density at radius 2 is 2.15 bits per heavy atom. The minimum absolute atomic E-state index is 0.102. The Hall–Kier alpha value is -0.570. The maximum absolute atomic E-state index is 11.0. The molecule has 0 spiro atoms. The first-order valence-electron chi connectivity index (χ1n) is 5.10. The van der Waals surface area contributed by atoms with Crippen molar-refractivity contribution in [2.75, 3.05) is 0 Å². The summed E-state index contributed by atoms with van der Waals surface area (Å²) in [5, 5.41) is 0. The van der Waals surface area contributed by atoms with Gasteiger partial charge in [0.15, 0.2) is 0 Å². The zero-order chi connectivity index (χ0) is 9.26. The van der Waals surface area contributed by atoms with E-state index in [1.54, 1.807) is 0 Å². The van der Waals surface area contributed by atoms with Gasteiger partial charge in [0.2, 0.25) is 6.29 Å². The predicted molar refractivity (Wildman–Crippen MR) is 47.0 cm³/mol. The summed E-state index contributed by atoms with van der Waals surface area (Å²) < 4.78 is 10.8. The van der Waals surface area contributed by atoms with Crippen LogP contribution in [0.4, 0.5) is 0 Å². The number of fused-ring (bicyclic) bond motifs is 1. The van der Waals surface area contributed by atoms with Crippen LogP contribution >= 0.6 is 0 Å². The Bertz CT molecular complexity index is 202. The molecule has 3 atom stereocenters. The van der Waals surface area contributed by atoms with Crippen molar-refractivity contribution in [3.8, 4) is 0 Å². The van der Waals surface area contributed by atoms with E-state index in [1.807, 2.05) is 6.92 Å². The number of esters is 1. The van der Waals surface area contributed by atoms with Gasteiger partial charge in [0.1, 0.15) is 0 Å². The van der Waals surface area contributed by atoms with Gasteiger partial charge in [0.05, 0.1) is 6.10 Å². The van der Waals surface area contributed by atoms with Gasteiger partial charge in [-0.25, -0.2) is 0 Å². The van der Waals surface area contributed by atoms with Gasteiger partial charge in [-0.1, -0.05) is 6.42 Å². The minimum atomic E-state index is -0.251. The first kappa shape index (κ1) is 9.00. The lowest BCUT2D eigenvalue weighted by Crippen LogP contribution is -2.35. The minimum Gasteiger partial charge on any atom is -0.435 e. The van der Waals surface area contributed by atoms with Crippen LogP contribution < -0.4 is 0 Å². The fraction of sp³-hybridized carbons (Fsp3) is 0.900. The van der Waals surface area contributed by atoms with Gasteiger partial charge in [0, 0.05) is 12.3 Å². The van der Waals surface area contributed by atoms with Crippen LogP contribution in [0.3, 0.4) is 0 Å². The molecular weight excluding hydrogens is 168 g/mol. The van der Waals surface area contributed by atoms with Crippen molar-refractivity contribution in [1.29, 1.82) is 0 Å². The third-order valence-corrected chi connectivity index (χ3v) is 2.90. The van der Waals surface area contributed by atoms with Crippen molar-refractivity contribution in [2.45, 2.75) is 51.4 Å². The number of hydrogen-bond donors (Lipinski definition) is 0. The predicted octanol–water partition coefficient (Wildman–Crippen LogP) is 1.85. The van der Waals surface area contributed by atoms with Gasteiger partial charge >= 0.3 is 5.97 Å². The van der Waals surface area contributed by atoms with Crippen LogP contribution in [0.25, 0.3) is 0 Å². The van der Waals surface area contributed by atoms with Crippen molar-refractivity contribution in [2.24, 2.45) is 5.92 Å². The van der Waals surface area contributed by atoms with Gasteiger partial charge in [0.25, 0.3) is 0 Å². The van der Waals surface area contributed by atoms with Gasteiger partial charge in [-0.2, -0.15) is 0 Å². The van der Waals surface area contributed by atoms with E-state index in [2.05, 4.69) is 0 Å². The maximum Gasteiger partial charge on any atom is 0.308 e. The third kappa shape index (κ3) is 2.02. The topological polar surface area (TPSA) is 35.5 Å². The Balaban J connectivity index is 2.01. The second-order valence-electron chi connectivity index (χ2n) is 4.03. The Morgan fingerprint density at radius 1 is 1.31 bits per heavy atom. The van der Waals surface area contributed by atoms with E-state index >= 15 is 0 Å². The van der Waals surface area contributed by atoms with Crippen LogP contribution in [0, 0.1) is 5.92 Å².